The van der Waals surface area contributed by atoms with Gasteiger partial charge in [0.2, 0.25) is 0 Å². The van der Waals surface area contributed by atoms with Crippen LogP contribution in [0.5, 0.6) is 11.5 Å². The molecule has 0 bridgehead atoms. The van der Waals surface area contributed by atoms with Crippen molar-refractivity contribution in [2.24, 2.45) is 0 Å². The van der Waals surface area contributed by atoms with E-state index < -0.39 is 0 Å². The van der Waals surface area contributed by atoms with Crippen LogP contribution < -0.4 is 9.47 Å². The van der Waals surface area contributed by atoms with Gasteiger partial charge in [-0.15, -0.1) is 22.9 Å². The normalized spacial score (nSPS) is 15.2. The molecule has 2 heterocycles. The smallest absolute Gasteiger partial charge is 0.162 e. The van der Waals surface area contributed by atoms with Crippen LogP contribution in [0.3, 0.4) is 0 Å². The summed E-state index contributed by atoms with van der Waals surface area (Å²) in [7, 11) is 0. The van der Waals surface area contributed by atoms with Crippen LogP contribution in [0.4, 0.5) is 0 Å². The van der Waals surface area contributed by atoms with Crippen LogP contribution in [0.2, 0.25) is 0 Å². The molecule has 2 aromatic rings. The molecule has 1 aliphatic rings. The minimum atomic E-state index is -0.267. The number of rotatable bonds is 2. The Labute approximate surface area is 150 Å². The first kappa shape index (κ1) is 15.2. The van der Waals surface area contributed by atoms with Gasteiger partial charge in [0.1, 0.15) is 13.2 Å². The van der Waals surface area contributed by atoms with Crippen molar-refractivity contribution in [2.45, 2.75) is 5.38 Å². The third-order valence-electron chi connectivity index (χ3n) is 2.89. The van der Waals surface area contributed by atoms with Gasteiger partial charge in [0.25, 0.3) is 0 Å². The molecule has 20 heavy (non-hydrogen) atoms. The average molecular weight is 503 g/mol. The van der Waals surface area contributed by atoms with Crippen molar-refractivity contribution < 1.29 is 9.47 Å². The summed E-state index contributed by atoms with van der Waals surface area (Å²) >= 11 is 18.8. The minimum absolute atomic E-state index is 0.267. The second kappa shape index (κ2) is 6.16. The van der Waals surface area contributed by atoms with Crippen molar-refractivity contribution in [3.63, 3.8) is 0 Å². The molecule has 1 aliphatic heterocycles. The van der Waals surface area contributed by atoms with E-state index in [4.69, 9.17) is 21.1 Å². The van der Waals surface area contributed by atoms with Crippen LogP contribution in [0, 0.1) is 0 Å². The van der Waals surface area contributed by atoms with Gasteiger partial charge in [0, 0.05) is 10.0 Å². The molecule has 1 aromatic carbocycles. The van der Waals surface area contributed by atoms with Gasteiger partial charge < -0.3 is 9.47 Å². The van der Waals surface area contributed by atoms with E-state index in [9.17, 15) is 0 Å². The Bertz CT molecular complexity index is 659. The highest BCUT2D eigenvalue weighted by Crippen LogP contribution is 2.45. The van der Waals surface area contributed by atoms with E-state index in [0.29, 0.717) is 13.2 Å². The molecule has 0 saturated heterocycles. The van der Waals surface area contributed by atoms with Crippen molar-refractivity contribution in [2.75, 3.05) is 13.2 Å². The first-order chi connectivity index (χ1) is 9.56. The predicted octanol–water partition coefficient (Wildman–Crippen LogP) is 6.14. The van der Waals surface area contributed by atoms with E-state index >= 15 is 0 Å². The molecule has 0 saturated carbocycles. The Hall–Kier alpha value is 0.250. The van der Waals surface area contributed by atoms with Crippen molar-refractivity contribution in [1.82, 2.24) is 0 Å². The highest BCUT2D eigenvalue weighted by Gasteiger charge is 2.22. The highest BCUT2D eigenvalue weighted by atomic mass is 79.9. The van der Waals surface area contributed by atoms with Crippen molar-refractivity contribution >= 4 is 70.7 Å². The molecule has 0 amide bonds. The summed E-state index contributed by atoms with van der Waals surface area (Å²) in [6.07, 6.45) is 0. The second-order valence-corrected chi connectivity index (χ2v) is 9.20. The SMILES string of the molecule is ClC(c1cc2c(cc1Br)OCCO2)c1cc(Br)sc1Br. The zero-order chi connectivity index (χ0) is 14.3. The standard InChI is InChI=1S/C13H8Br3ClO2S/c14-8-5-10-9(18-1-2-19-10)3-6(8)12(17)7-4-11(15)20-13(7)16/h3-5,12H,1-2H2. The topological polar surface area (TPSA) is 18.5 Å². The minimum Gasteiger partial charge on any atom is -0.486 e. The number of halogens is 4. The highest BCUT2D eigenvalue weighted by molar-refractivity contribution is 9.12. The first-order valence-corrected chi connectivity index (χ1v) is 9.37. The zero-order valence-electron chi connectivity index (χ0n) is 9.96. The lowest BCUT2D eigenvalue weighted by Crippen LogP contribution is -2.15. The van der Waals surface area contributed by atoms with Crippen LogP contribution >= 0.6 is 70.7 Å². The van der Waals surface area contributed by atoms with Crippen molar-refractivity contribution in [3.8, 4) is 11.5 Å². The lowest BCUT2D eigenvalue weighted by Gasteiger charge is -2.21. The number of thiophene rings is 1. The molecule has 3 rings (SSSR count). The van der Waals surface area contributed by atoms with Gasteiger partial charge in [0.15, 0.2) is 11.5 Å². The van der Waals surface area contributed by atoms with E-state index in [-0.39, 0.29) is 5.38 Å². The summed E-state index contributed by atoms with van der Waals surface area (Å²) in [5, 5.41) is -0.267. The van der Waals surface area contributed by atoms with Crippen molar-refractivity contribution in [1.29, 1.82) is 0 Å². The Morgan fingerprint density at radius 1 is 1.00 bits per heavy atom. The number of fused-ring (bicyclic) bond motifs is 1. The molecule has 1 aromatic heterocycles. The van der Waals surface area contributed by atoms with Gasteiger partial charge in [-0.05, 0) is 55.6 Å². The Morgan fingerprint density at radius 3 is 2.25 bits per heavy atom. The largest absolute Gasteiger partial charge is 0.486 e. The van der Waals surface area contributed by atoms with Crippen LogP contribution in [-0.4, -0.2) is 13.2 Å². The van der Waals surface area contributed by atoms with E-state index in [1.165, 1.54) is 0 Å². The van der Waals surface area contributed by atoms with Crippen LogP contribution in [0.25, 0.3) is 0 Å². The molecule has 106 valence electrons. The summed E-state index contributed by atoms with van der Waals surface area (Å²) in [4.78, 5) is 0. The lowest BCUT2D eigenvalue weighted by molar-refractivity contribution is 0.171. The van der Waals surface area contributed by atoms with Gasteiger partial charge in [-0.2, -0.15) is 0 Å². The third kappa shape index (κ3) is 2.90. The van der Waals surface area contributed by atoms with Gasteiger partial charge >= 0.3 is 0 Å². The Morgan fingerprint density at radius 2 is 1.65 bits per heavy atom. The van der Waals surface area contributed by atoms with E-state index in [2.05, 4.69) is 47.8 Å². The maximum Gasteiger partial charge on any atom is 0.162 e. The Balaban J connectivity index is 2.03. The van der Waals surface area contributed by atoms with Gasteiger partial charge in [-0.25, -0.2) is 0 Å². The van der Waals surface area contributed by atoms with Crippen LogP contribution in [0.1, 0.15) is 16.5 Å². The maximum absolute atomic E-state index is 6.63. The second-order valence-electron chi connectivity index (χ2n) is 4.16. The Kier molecular flexibility index (Phi) is 4.67. The number of alkyl halides is 1. The lowest BCUT2D eigenvalue weighted by atomic mass is 10.1. The fourth-order valence-electron chi connectivity index (χ4n) is 1.97. The van der Waals surface area contributed by atoms with E-state index in [1.807, 2.05) is 18.2 Å². The van der Waals surface area contributed by atoms with Crippen LogP contribution in [-0.2, 0) is 0 Å². The monoisotopic (exact) mass is 500 g/mol. The fraction of sp³-hybridized carbons (Fsp3) is 0.231. The van der Waals surface area contributed by atoms with E-state index in [0.717, 1.165) is 34.7 Å². The summed E-state index contributed by atoms with van der Waals surface area (Å²) in [5.74, 6) is 1.49. The molecule has 0 aliphatic carbocycles. The summed E-state index contributed by atoms with van der Waals surface area (Å²) < 4.78 is 14.2. The molecule has 0 N–H and O–H groups in total. The fourth-order valence-corrected chi connectivity index (χ4v) is 6.10. The molecule has 0 radical (unpaired) electrons. The molecule has 0 fully saturated rings. The predicted molar refractivity (Wildman–Crippen MR) is 92.5 cm³/mol. The summed E-state index contributed by atoms with van der Waals surface area (Å²) in [6.45, 7) is 1.14. The molecule has 7 heteroatoms. The molecular weight excluding hydrogens is 495 g/mol. The molecule has 1 unspecified atom stereocenters. The van der Waals surface area contributed by atoms with Crippen LogP contribution in [0.15, 0.2) is 30.2 Å². The number of ether oxygens (including phenoxy) is 2. The number of benzene rings is 1. The average Bonchev–Trinajstić information content (AvgIpc) is 2.76. The number of hydrogen-bond acceptors (Lipinski definition) is 3. The third-order valence-corrected chi connectivity index (χ3v) is 6.43. The van der Waals surface area contributed by atoms with Gasteiger partial charge in [-0.3, -0.25) is 0 Å². The summed E-state index contributed by atoms with van der Waals surface area (Å²) in [6, 6.07) is 5.87. The molecular formula is C13H8Br3ClO2S. The first-order valence-electron chi connectivity index (χ1n) is 5.74. The molecule has 0 spiro atoms. The summed E-state index contributed by atoms with van der Waals surface area (Å²) in [5.41, 5.74) is 1.99. The quantitative estimate of drug-likeness (QED) is 0.459. The maximum atomic E-state index is 6.63. The van der Waals surface area contributed by atoms with E-state index in [1.54, 1.807) is 11.3 Å². The van der Waals surface area contributed by atoms with Crippen molar-refractivity contribution in [3.05, 3.63) is 41.4 Å². The number of hydrogen-bond donors (Lipinski definition) is 0. The van der Waals surface area contributed by atoms with Gasteiger partial charge in [0.05, 0.1) is 12.9 Å². The van der Waals surface area contributed by atoms with Gasteiger partial charge in [-0.1, -0.05) is 15.9 Å². The zero-order valence-corrected chi connectivity index (χ0v) is 16.3. The molecule has 1 atom stereocenters. The molecule has 2 nitrogen and oxygen atoms in total.